The fraction of sp³-hybridized carbons (Fsp3) is 0.562. The number of nitrogens with zero attached hydrogens (tertiary/aromatic N) is 3. The Labute approximate surface area is 141 Å². The number of hydrogen-bond donors (Lipinski definition) is 1. The van der Waals surface area contributed by atoms with Crippen molar-refractivity contribution in [1.82, 2.24) is 14.8 Å². The van der Waals surface area contributed by atoms with Crippen LogP contribution < -0.4 is 4.74 Å². The molecule has 0 saturated carbocycles. The zero-order chi connectivity index (χ0) is 17.5. The van der Waals surface area contributed by atoms with Gasteiger partial charge in [-0.15, -0.1) is 0 Å². The van der Waals surface area contributed by atoms with Gasteiger partial charge in [0, 0.05) is 44.5 Å². The highest BCUT2D eigenvalue weighted by Gasteiger charge is 2.34. The minimum atomic E-state index is -0.914. The number of carboxylic acid groups (broad SMARTS) is 1. The number of carbonyl (C=O) groups excluding carboxylic acids is 1. The van der Waals surface area contributed by atoms with Crippen molar-refractivity contribution in [2.75, 3.05) is 33.4 Å². The number of amides is 1. The zero-order valence-corrected chi connectivity index (χ0v) is 14.0. The molecular formula is C16H23N3O5. The molecule has 8 nitrogen and oxygen atoms in total. The Bertz CT molecular complexity index is 557. The lowest BCUT2D eigenvalue weighted by Gasteiger charge is -2.44. The summed E-state index contributed by atoms with van der Waals surface area (Å²) in [6, 6.07) is 3.79. The molecule has 24 heavy (non-hydrogen) atoms. The molecule has 1 aliphatic heterocycles. The van der Waals surface area contributed by atoms with Crippen LogP contribution in [0.4, 0.5) is 4.79 Å². The number of likely N-dealkylation sites (tertiary alicyclic amines) is 1. The molecule has 1 saturated heterocycles. The number of ether oxygens (including phenoxy) is 2. The lowest BCUT2D eigenvalue weighted by molar-refractivity contribution is -0.143. The van der Waals surface area contributed by atoms with Crippen LogP contribution in [0.25, 0.3) is 0 Å². The summed E-state index contributed by atoms with van der Waals surface area (Å²) in [5, 5.41) is 8.98. The summed E-state index contributed by atoms with van der Waals surface area (Å²) < 4.78 is 10.0. The van der Waals surface area contributed by atoms with Crippen molar-refractivity contribution < 1.29 is 24.2 Å². The molecule has 1 aromatic rings. The van der Waals surface area contributed by atoms with E-state index in [-0.39, 0.29) is 18.4 Å². The lowest BCUT2D eigenvalue weighted by atomic mass is 10.1. The van der Waals surface area contributed by atoms with E-state index in [1.807, 2.05) is 6.07 Å². The molecular weight excluding hydrogens is 314 g/mol. The first-order chi connectivity index (χ1) is 11.5. The molecule has 0 atom stereocenters. The van der Waals surface area contributed by atoms with E-state index in [1.54, 1.807) is 26.3 Å². The maximum Gasteiger partial charge on any atom is 0.407 e. The molecule has 1 aliphatic rings. The predicted molar refractivity (Wildman–Crippen MR) is 85.8 cm³/mol. The van der Waals surface area contributed by atoms with Crippen molar-refractivity contribution in [2.24, 2.45) is 0 Å². The highest BCUT2D eigenvalue weighted by atomic mass is 16.5. The molecule has 0 aromatic carbocycles. The number of rotatable bonds is 8. The highest BCUT2D eigenvalue weighted by molar-refractivity contribution is 5.69. The van der Waals surface area contributed by atoms with Crippen molar-refractivity contribution in [1.29, 1.82) is 0 Å². The normalized spacial score (nSPS) is 14.4. The average molecular weight is 337 g/mol. The van der Waals surface area contributed by atoms with Gasteiger partial charge in [0.1, 0.15) is 0 Å². The molecule has 2 rings (SSSR count). The lowest BCUT2D eigenvalue weighted by Crippen LogP contribution is -2.60. The van der Waals surface area contributed by atoms with Gasteiger partial charge >= 0.3 is 12.1 Å². The van der Waals surface area contributed by atoms with Crippen LogP contribution in [-0.4, -0.2) is 71.3 Å². The molecule has 0 unspecified atom stereocenters. The molecule has 0 bridgehead atoms. The molecule has 1 N–H and O–H groups in total. The van der Waals surface area contributed by atoms with Gasteiger partial charge in [-0.2, -0.15) is 0 Å². The average Bonchev–Trinajstić information content (AvgIpc) is 2.51. The fourth-order valence-electron chi connectivity index (χ4n) is 2.56. The van der Waals surface area contributed by atoms with Gasteiger partial charge in [0.15, 0.2) is 0 Å². The first-order valence-corrected chi connectivity index (χ1v) is 7.90. The third-order valence-electron chi connectivity index (χ3n) is 3.95. The highest BCUT2D eigenvalue weighted by Crippen LogP contribution is 2.19. The van der Waals surface area contributed by atoms with Gasteiger partial charge in [-0.05, 0) is 12.5 Å². The van der Waals surface area contributed by atoms with Crippen molar-refractivity contribution >= 4 is 12.1 Å². The standard InChI is InChI=1S/C16H23N3O5/c1-3-24-15(20)6-7-18(13-10-19(11-13)16(21)22)9-12-4-5-14(23-2)17-8-12/h4-5,8,13H,3,6-7,9-11H2,1-2H3,(H,21,22). The maximum absolute atomic E-state index is 11.6. The van der Waals surface area contributed by atoms with Gasteiger partial charge in [-0.1, -0.05) is 6.07 Å². The van der Waals surface area contributed by atoms with Gasteiger partial charge in [0.05, 0.1) is 20.1 Å². The summed E-state index contributed by atoms with van der Waals surface area (Å²) in [5.41, 5.74) is 0.980. The van der Waals surface area contributed by atoms with Crippen molar-refractivity contribution in [3.63, 3.8) is 0 Å². The second-order valence-corrected chi connectivity index (χ2v) is 5.58. The third-order valence-corrected chi connectivity index (χ3v) is 3.95. The molecule has 8 heteroatoms. The van der Waals surface area contributed by atoms with Crippen LogP contribution in [0.5, 0.6) is 5.88 Å². The van der Waals surface area contributed by atoms with E-state index in [4.69, 9.17) is 14.6 Å². The largest absolute Gasteiger partial charge is 0.481 e. The van der Waals surface area contributed by atoms with Crippen LogP contribution in [0, 0.1) is 0 Å². The molecule has 0 radical (unpaired) electrons. The Kier molecular flexibility index (Phi) is 6.36. The van der Waals surface area contributed by atoms with Crippen LogP contribution in [0.15, 0.2) is 18.3 Å². The first-order valence-electron chi connectivity index (χ1n) is 7.90. The second-order valence-electron chi connectivity index (χ2n) is 5.58. The summed E-state index contributed by atoms with van der Waals surface area (Å²) in [6.07, 6.45) is 1.09. The molecule has 0 aliphatic carbocycles. The van der Waals surface area contributed by atoms with Crippen LogP contribution in [-0.2, 0) is 16.1 Å². The quantitative estimate of drug-likeness (QED) is 0.713. The van der Waals surface area contributed by atoms with Gasteiger partial charge in [0.2, 0.25) is 5.88 Å². The zero-order valence-electron chi connectivity index (χ0n) is 14.0. The van der Waals surface area contributed by atoms with Crippen molar-refractivity contribution in [2.45, 2.75) is 25.9 Å². The third kappa shape index (κ3) is 4.82. The molecule has 1 aromatic heterocycles. The smallest absolute Gasteiger partial charge is 0.407 e. The number of aromatic nitrogens is 1. The van der Waals surface area contributed by atoms with Gasteiger partial charge in [-0.3, -0.25) is 9.69 Å². The van der Waals surface area contributed by atoms with Crippen LogP contribution in [0.3, 0.4) is 0 Å². The van der Waals surface area contributed by atoms with Crippen LogP contribution >= 0.6 is 0 Å². The molecule has 2 heterocycles. The Hall–Kier alpha value is -2.35. The van der Waals surface area contributed by atoms with Gasteiger partial charge in [0.25, 0.3) is 0 Å². The Morgan fingerprint density at radius 3 is 2.71 bits per heavy atom. The van der Waals surface area contributed by atoms with E-state index in [0.717, 1.165) is 5.56 Å². The molecule has 1 amide bonds. The molecule has 132 valence electrons. The van der Waals surface area contributed by atoms with E-state index >= 15 is 0 Å². The maximum atomic E-state index is 11.6. The Morgan fingerprint density at radius 1 is 1.42 bits per heavy atom. The minimum Gasteiger partial charge on any atom is -0.481 e. The van der Waals surface area contributed by atoms with Gasteiger partial charge < -0.3 is 19.5 Å². The van der Waals surface area contributed by atoms with Gasteiger partial charge in [-0.25, -0.2) is 9.78 Å². The Morgan fingerprint density at radius 2 is 2.17 bits per heavy atom. The van der Waals surface area contributed by atoms with E-state index in [1.165, 1.54) is 4.90 Å². The monoisotopic (exact) mass is 337 g/mol. The second kappa shape index (κ2) is 8.49. The Balaban J connectivity index is 1.96. The minimum absolute atomic E-state index is 0.0950. The summed E-state index contributed by atoms with van der Waals surface area (Å²) in [4.78, 5) is 30.2. The topological polar surface area (TPSA) is 92.2 Å². The first kappa shape index (κ1) is 18.0. The van der Waals surface area contributed by atoms with E-state index in [2.05, 4.69) is 9.88 Å². The van der Waals surface area contributed by atoms with E-state index in [0.29, 0.717) is 38.7 Å². The van der Waals surface area contributed by atoms with Crippen LogP contribution in [0.1, 0.15) is 18.9 Å². The SMILES string of the molecule is CCOC(=O)CCN(Cc1ccc(OC)nc1)C1CN(C(=O)O)C1. The summed E-state index contributed by atoms with van der Waals surface area (Å²) in [5.74, 6) is 0.294. The summed E-state index contributed by atoms with van der Waals surface area (Å²) in [7, 11) is 1.56. The van der Waals surface area contributed by atoms with E-state index in [9.17, 15) is 9.59 Å². The number of carbonyl (C=O) groups is 2. The van der Waals surface area contributed by atoms with Crippen LogP contribution in [0.2, 0.25) is 0 Å². The number of hydrogen-bond acceptors (Lipinski definition) is 6. The number of esters is 1. The molecule has 1 fully saturated rings. The van der Waals surface area contributed by atoms with Crippen molar-refractivity contribution in [3.05, 3.63) is 23.9 Å². The summed E-state index contributed by atoms with van der Waals surface area (Å²) in [6.45, 7) is 4.13. The molecule has 0 spiro atoms. The fourth-order valence-corrected chi connectivity index (χ4v) is 2.56. The summed E-state index contributed by atoms with van der Waals surface area (Å²) >= 11 is 0. The van der Waals surface area contributed by atoms with E-state index < -0.39 is 6.09 Å². The van der Waals surface area contributed by atoms with Crippen molar-refractivity contribution in [3.8, 4) is 5.88 Å². The number of pyridine rings is 1. The predicted octanol–water partition coefficient (Wildman–Crippen LogP) is 1.21. The number of methoxy groups -OCH3 is 1.